The van der Waals surface area contributed by atoms with E-state index >= 15 is 0 Å². The van der Waals surface area contributed by atoms with E-state index in [9.17, 15) is 19.7 Å². The lowest BCUT2D eigenvalue weighted by Crippen LogP contribution is -2.50. The fraction of sp³-hybridized carbons (Fsp3) is 0.429. The first-order valence-electron chi connectivity index (χ1n) is 7.04. The van der Waals surface area contributed by atoms with Crippen LogP contribution in [0, 0.1) is 10.1 Å². The highest BCUT2D eigenvalue weighted by atomic mass is 16.6. The molecule has 0 aliphatic heterocycles. The lowest BCUT2D eigenvalue weighted by molar-refractivity contribution is -0.385. The quantitative estimate of drug-likeness (QED) is 0.328. The average Bonchev–Trinajstić information content (AvgIpc) is 2.56. The fourth-order valence-electron chi connectivity index (χ4n) is 2.15. The van der Waals surface area contributed by atoms with Gasteiger partial charge in [0.15, 0.2) is 11.5 Å². The molecule has 0 fully saturated rings. The number of hydrogen-bond donors (Lipinski definition) is 4. The van der Waals surface area contributed by atoms with E-state index in [1.807, 2.05) is 0 Å². The molecule has 1 unspecified atom stereocenters. The average molecular weight is 357 g/mol. The van der Waals surface area contributed by atoms with Crippen molar-refractivity contribution in [2.24, 2.45) is 5.73 Å². The maximum absolute atomic E-state index is 11.2. The number of rotatable bonds is 10. The highest BCUT2D eigenvalue weighted by molar-refractivity contribution is 5.76. The van der Waals surface area contributed by atoms with Crippen LogP contribution in [0.3, 0.4) is 0 Å². The number of carboxylic acid groups (broad SMARTS) is 2. The highest BCUT2D eigenvalue weighted by Crippen LogP contribution is 2.34. The first-order valence-corrected chi connectivity index (χ1v) is 7.04. The molecular formula is C14H19N3O8. The molecule has 0 saturated heterocycles. The molecule has 2 atom stereocenters. The van der Waals surface area contributed by atoms with Crippen molar-refractivity contribution in [3.63, 3.8) is 0 Å². The van der Waals surface area contributed by atoms with Gasteiger partial charge in [0.2, 0.25) is 0 Å². The van der Waals surface area contributed by atoms with Crippen LogP contribution in [0.2, 0.25) is 0 Å². The molecule has 0 radical (unpaired) electrons. The Kier molecular flexibility index (Phi) is 7.08. The van der Waals surface area contributed by atoms with Crippen LogP contribution in [-0.4, -0.2) is 53.4 Å². The van der Waals surface area contributed by atoms with Gasteiger partial charge in [-0.3, -0.25) is 19.7 Å². The number of ether oxygens (including phenoxy) is 2. The lowest BCUT2D eigenvalue weighted by atomic mass is 10.0. The van der Waals surface area contributed by atoms with E-state index in [0.717, 1.165) is 0 Å². The van der Waals surface area contributed by atoms with Gasteiger partial charge in [-0.2, -0.15) is 0 Å². The number of aliphatic carboxylic acids is 2. The molecule has 0 heterocycles. The second kappa shape index (κ2) is 8.80. The van der Waals surface area contributed by atoms with E-state index in [-0.39, 0.29) is 29.3 Å². The predicted molar refractivity (Wildman–Crippen MR) is 84.7 cm³/mol. The predicted octanol–water partition coefficient (Wildman–Crippen LogP) is -0.0432. The zero-order valence-corrected chi connectivity index (χ0v) is 13.6. The Balaban J connectivity index is 3.12. The molecule has 0 aliphatic carbocycles. The van der Waals surface area contributed by atoms with Crippen LogP contribution in [0.1, 0.15) is 12.0 Å². The van der Waals surface area contributed by atoms with Gasteiger partial charge in [-0.1, -0.05) is 0 Å². The smallest absolute Gasteiger partial charge is 0.322 e. The number of nitrogens with zero attached hydrogens (tertiary/aromatic N) is 1. The highest BCUT2D eigenvalue weighted by Gasteiger charge is 2.27. The molecule has 0 aromatic heterocycles. The largest absolute Gasteiger partial charge is 0.493 e. The Bertz CT molecular complexity index is 664. The molecule has 0 saturated carbocycles. The number of carboxylic acids is 2. The van der Waals surface area contributed by atoms with E-state index in [0.29, 0.717) is 0 Å². The molecular weight excluding hydrogens is 338 g/mol. The van der Waals surface area contributed by atoms with Crippen molar-refractivity contribution in [3.8, 4) is 11.5 Å². The molecule has 0 amide bonds. The van der Waals surface area contributed by atoms with Crippen LogP contribution in [0.15, 0.2) is 12.1 Å². The summed E-state index contributed by atoms with van der Waals surface area (Å²) in [6.45, 7) is -0.185. The summed E-state index contributed by atoms with van der Waals surface area (Å²) < 4.78 is 10.1. The molecule has 0 aliphatic rings. The van der Waals surface area contributed by atoms with Gasteiger partial charge in [0.1, 0.15) is 6.04 Å². The first-order chi connectivity index (χ1) is 11.7. The molecule has 0 bridgehead atoms. The van der Waals surface area contributed by atoms with E-state index < -0.39 is 35.4 Å². The molecule has 5 N–H and O–H groups in total. The van der Waals surface area contributed by atoms with Crippen LogP contribution < -0.4 is 20.5 Å². The molecule has 1 rings (SSSR count). The number of nitro groups is 1. The van der Waals surface area contributed by atoms with Crippen molar-refractivity contribution in [2.45, 2.75) is 25.0 Å². The van der Waals surface area contributed by atoms with Crippen molar-refractivity contribution >= 4 is 17.6 Å². The monoisotopic (exact) mass is 357 g/mol. The Labute approximate surface area is 142 Å². The van der Waals surface area contributed by atoms with Gasteiger partial charge in [-0.15, -0.1) is 0 Å². The Morgan fingerprint density at radius 2 is 1.84 bits per heavy atom. The van der Waals surface area contributed by atoms with E-state index in [1.54, 1.807) is 0 Å². The maximum atomic E-state index is 11.2. The molecule has 1 aromatic carbocycles. The molecule has 1 aromatic rings. The van der Waals surface area contributed by atoms with Gasteiger partial charge in [-0.25, -0.2) is 0 Å². The maximum Gasteiger partial charge on any atom is 0.322 e. The number of nitrogens with two attached hydrogens (primary N) is 1. The zero-order valence-electron chi connectivity index (χ0n) is 13.6. The Hall–Kier alpha value is -2.92. The number of nitro benzene ring substituents is 1. The van der Waals surface area contributed by atoms with Crippen LogP contribution in [-0.2, 0) is 16.1 Å². The minimum atomic E-state index is -1.49. The molecule has 11 heteroatoms. The van der Waals surface area contributed by atoms with Crippen molar-refractivity contribution in [3.05, 3.63) is 27.8 Å². The lowest BCUT2D eigenvalue weighted by Gasteiger charge is -2.21. The topological polar surface area (TPSA) is 174 Å². The summed E-state index contributed by atoms with van der Waals surface area (Å²) in [5.74, 6) is -2.25. The SMILES string of the molecule is COc1cc(CNC(CC(=O)O)[C@@H](N)C(=O)O)c([N+](=O)[O-])cc1OC. The van der Waals surface area contributed by atoms with E-state index in [2.05, 4.69) is 5.32 Å². The third-order valence-electron chi connectivity index (χ3n) is 3.45. The van der Waals surface area contributed by atoms with Crippen LogP contribution in [0.5, 0.6) is 11.5 Å². The van der Waals surface area contributed by atoms with E-state index in [1.165, 1.54) is 26.4 Å². The van der Waals surface area contributed by atoms with Crippen molar-refractivity contribution in [2.75, 3.05) is 14.2 Å². The summed E-state index contributed by atoms with van der Waals surface area (Å²) in [7, 11) is 2.68. The van der Waals surface area contributed by atoms with Gasteiger partial charge < -0.3 is 30.7 Å². The van der Waals surface area contributed by atoms with E-state index in [4.69, 9.17) is 25.4 Å². The van der Waals surface area contributed by atoms with Crippen molar-refractivity contribution < 1.29 is 34.2 Å². The fourth-order valence-corrected chi connectivity index (χ4v) is 2.15. The van der Waals surface area contributed by atoms with Crippen molar-refractivity contribution in [1.82, 2.24) is 5.32 Å². The van der Waals surface area contributed by atoms with Gasteiger partial charge in [0, 0.05) is 18.2 Å². The number of benzene rings is 1. The van der Waals surface area contributed by atoms with Gasteiger partial charge in [0.05, 0.1) is 31.6 Å². The number of hydrogen-bond acceptors (Lipinski definition) is 8. The normalized spacial score (nSPS) is 12.9. The summed E-state index contributed by atoms with van der Waals surface area (Å²) >= 11 is 0. The molecule has 0 spiro atoms. The third-order valence-corrected chi connectivity index (χ3v) is 3.45. The summed E-state index contributed by atoms with van der Waals surface area (Å²) in [4.78, 5) is 32.4. The summed E-state index contributed by atoms with van der Waals surface area (Å²) in [5.41, 5.74) is 5.34. The van der Waals surface area contributed by atoms with Gasteiger partial charge in [0.25, 0.3) is 5.69 Å². The second-order valence-corrected chi connectivity index (χ2v) is 5.04. The standard InChI is InChI=1S/C14H19N3O8/c1-24-10-3-7(9(17(22)23)5-11(10)25-2)6-16-8(4-12(18)19)13(15)14(20)21/h3,5,8,13,16H,4,6,15H2,1-2H3,(H,18,19)(H,20,21)/t8?,13-/m1/s1. The zero-order chi connectivity index (χ0) is 19.1. The minimum Gasteiger partial charge on any atom is -0.493 e. The van der Waals surface area contributed by atoms with Crippen molar-refractivity contribution in [1.29, 1.82) is 0 Å². The van der Waals surface area contributed by atoms with Gasteiger partial charge >= 0.3 is 11.9 Å². The summed E-state index contributed by atoms with van der Waals surface area (Å²) in [5, 5.41) is 31.7. The van der Waals surface area contributed by atoms with Crippen LogP contribution in [0.25, 0.3) is 0 Å². The summed E-state index contributed by atoms with van der Waals surface area (Å²) in [6.07, 6.45) is -0.561. The Morgan fingerprint density at radius 1 is 1.28 bits per heavy atom. The van der Waals surface area contributed by atoms with Crippen LogP contribution in [0.4, 0.5) is 5.69 Å². The molecule has 25 heavy (non-hydrogen) atoms. The second-order valence-electron chi connectivity index (χ2n) is 5.04. The van der Waals surface area contributed by atoms with Gasteiger partial charge in [-0.05, 0) is 6.07 Å². The van der Waals surface area contributed by atoms with Crippen LogP contribution >= 0.6 is 0 Å². The Morgan fingerprint density at radius 3 is 2.28 bits per heavy atom. The summed E-state index contributed by atoms with van der Waals surface area (Å²) in [6, 6.07) is -0.0919. The number of carbonyl (C=O) groups is 2. The molecule has 138 valence electrons. The minimum absolute atomic E-state index is 0.155. The third kappa shape index (κ3) is 5.29. The molecule has 11 nitrogen and oxygen atoms in total. The number of nitrogens with one attached hydrogen (secondary N) is 1. The number of methoxy groups -OCH3 is 2. The first kappa shape index (κ1) is 20.1.